The highest BCUT2D eigenvalue weighted by atomic mass is 16.6. The van der Waals surface area contributed by atoms with E-state index < -0.39 is 5.60 Å². The van der Waals surface area contributed by atoms with Crippen LogP contribution in [0.1, 0.15) is 73.6 Å². The molecule has 1 aliphatic heterocycles. The predicted molar refractivity (Wildman–Crippen MR) is 79.2 cm³/mol. The number of hydrogen-bond acceptors (Lipinski definition) is 2. The van der Waals surface area contributed by atoms with Gasteiger partial charge in [0.15, 0.2) is 0 Å². The fourth-order valence-corrected chi connectivity index (χ4v) is 2.74. The summed E-state index contributed by atoms with van der Waals surface area (Å²) in [5, 5.41) is 0. The molecule has 112 valence electrons. The first-order valence-corrected chi connectivity index (χ1v) is 7.72. The number of piperidine rings is 1. The van der Waals surface area contributed by atoms with Gasteiger partial charge in [0.05, 0.1) is 0 Å². The average Bonchev–Trinajstić information content (AvgIpc) is 2.23. The van der Waals surface area contributed by atoms with E-state index in [1.807, 2.05) is 25.7 Å². The molecule has 19 heavy (non-hydrogen) atoms. The Morgan fingerprint density at radius 2 is 1.95 bits per heavy atom. The fourth-order valence-electron chi connectivity index (χ4n) is 2.74. The van der Waals surface area contributed by atoms with Crippen LogP contribution in [0.5, 0.6) is 0 Å². The van der Waals surface area contributed by atoms with Gasteiger partial charge in [-0.3, -0.25) is 0 Å². The van der Waals surface area contributed by atoms with E-state index in [4.69, 9.17) is 4.74 Å². The van der Waals surface area contributed by atoms with Crippen LogP contribution in [0.2, 0.25) is 0 Å². The molecule has 0 bridgehead atoms. The number of likely N-dealkylation sites (tertiary alicyclic amines) is 1. The van der Waals surface area contributed by atoms with Gasteiger partial charge in [0, 0.05) is 12.1 Å². The van der Waals surface area contributed by atoms with Crippen molar-refractivity contribution in [1.29, 1.82) is 0 Å². The Bertz CT molecular complexity index is 294. The Hall–Kier alpha value is -0.730. The van der Waals surface area contributed by atoms with Crippen LogP contribution in [0.4, 0.5) is 4.79 Å². The average molecular weight is 269 g/mol. The van der Waals surface area contributed by atoms with Gasteiger partial charge in [-0.2, -0.15) is 0 Å². The summed E-state index contributed by atoms with van der Waals surface area (Å²) in [5.41, 5.74) is -0.406. The standard InChI is InChI=1S/C16H31NO2/c1-12(2)10-11-14-9-7-8-13(3)17(14)15(18)19-16(4,5)6/h12-14H,7-11H2,1-6H3. The zero-order chi connectivity index (χ0) is 14.6. The van der Waals surface area contributed by atoms with Gasteiger partial charge >= 0.3 is 6.09 Å². The third kappa shape index (κ3) is 5.42. The van der Waals surface area contributed by atoms with Crippen molar-refractivity contribution in [1.82, 2.24) is 4.90 Å². The van der Waals surface area contributed by atoms with Gasteiger partial charge < -0.3 is 9.64 Å². The SMILES string of the molecule is CC(C)CCC1CCCC(C)N1C(=O)OC(C)(C)C. The first-order chi connectivity index (χ1) is 8.70. The molecule has 0 aromatic carbocycles. The van der Waals surface area contributed by atoms with Crippen LogP contribution in [0.3, 0.4) is 0 Å². The number of amides is 1. The fraction of sp³-hybridized carbons (Fsp3) is 0.938. The van der Waals surface area contributed by atoms with Crippen LogP contribution in [-0.2, 0) is 4.74 Å². The molecule has 0 aromatic heterocycles. The maximum atomic E-state index is 12.4. The molecular formula is C16H31NO2. The van der Waals surface area contributed by atoms with Gasteiger partial charge in [0.1, 0.15) is 5.60 Å². The summed E-state index contributed by atoms with van der Waals surface area (Å²) in [6.07, 6.45) is 5.59. The van der Waals surface area contributed by atoms with Crippen LogP contribution in [0.25, 0.3) is 0 Å². The van der Waals surface area contributed by atoms with Crippen LogP contribution in [-0.4, -0.2) is 28.7 Å². The second-order valence-corrected chi connectivity index (χ2v) is 7.29. The normalized spacial score (nSPS) is 24.7. The maximum absolute atomic E-state index is 12.4. The summed E-state index contributed by atoms with van der Waals surface area (Å²) >= 11 is 0. The van der Waals surface area contributed by atoms with Crippen LogP contribution >= 0.6 is 0 Å². The summed E-state index contributed by atoms with van der Waals surface area (Å²) in [6, 6.07) is 0.668. The summed E-state index contributed by atoms with van der Waals surface area (Å²) in [5.74, 6) is 0.692. The Labute approximate surface area is 118 Å². The van der Waals surface area contributed by atoms with Crippen molar-refractivity contribution in [3.05, 3.63) is 0 Å². The summed E-state index contributed by atoms with van der Waals surface area (Å²) < 4.78 is 5.57. The molecular weight excluding hydrogens is 238 g/mol. The number of nitrogens with zero attached hydrogens (tertiary/aromatic N) is 1. The second kappa shape index (κ2) is 6.62. The molecule has 0 radical (unpaired) electrons. The molecule has 2 atom stereocenters. The summed E-state index contributed by atoms with van der Waals surface area (Å²) in [6.45, 7) is 12.4. The van der Waals surface area contributed by atoms with Crippen molar-refractivity contribution >= 4 is 6.09 Å². The highest BCUT2D eigenvalue weighted by Gasteiger charge is 2.34. The van der Waals surface area contributed by atoms with Crippen molar-refractivity contribution in [3.8, 4) is 0 Å². The first-order valence-electron chi connectivity index (χ1n) is 7.72. The van der Waals surface area contributed by atoms with Gasteiger partial charge in [-0.1, -0.05) is 13.8 Å². The lowest BCUT2D eigenvalue weighted by Gasteiger charge is -2.41. The largest absolute Gasteiger partial charge is 0.444 e. The minimum absolute atomic E-state index is 0.131. The van der Waals surface area contributed by atoms with Gasteiger partial charge in [-0.15, -0.1) is 0 Å². The van der Waals surface area contributed by atoms with Crippen molar-refractivity contribution in [3.63, 3.8) is 0 Å². The molecule has 1 saturated heterocycles. The third-order valence-electron chi connectivity index (χ3n) is 3.71. The first kappa shape index (κ1) is 16.3. The van der Waals surface area contributed by atoms with Gasteiger partial charge in [0.25, 0.3) is 0 Å². The summed E-state index contributed by atoms with van der Waals surface area (Å²) in [7, 11) is 0. The maximum Gasteiger partial charge on any atom is 0.410 e. The Morgan fingerprint density at radius 1 is 1.32 bits per heavy atom. The minimum Gasteiger partial charge on any atom is -0.444 e. The van der Waals surface area contributed by atoms with E-state index in [1.54, 1.807) is 0 Å². The topological polar surface area (TPSA) is 29.5 Å². The molecule has 1 amide bonds. The molecule has 0 N–H and O–H groups in total. The van der Waals surface area contributed by atoms with Gasteiger partial charge in [-0.25, -0.2) is 4.79 Å². The van der Waals surface area contributed by atoms with Crippen molar-refractivity contribution < 1.29 is 9.53 Å². The van der Waals surface area contributed by atoms with Gasteiger partial charge in [0.2, 0.25) is 0 Å². The van der Waals surface area contributed by atoms with Crippen molar-refractivity contribution in [2.45, 2.75) is 91.3 Å². The van der Waals surface area contributed by atoms with Crippen LogP contribution in [0, 0.1) is 5.92 Å². The number of ether oxygens (including phenoxy) is 1. The van der Waals surface area contributed by atoms with E-state index in [0.29, 0.717) is 18.0 Å². The number of carbonyl (C=O) groups excluding carboxylic acids is 1. The Morgan fingerprint density at radius 3 is 2.47 bits per heavy atom. The monoisotopic (exact) mass is 269 g/mol. The summed E-state index contributed by atoms with van der Waals surface area (Å²) in [4.78, 5) is 14.4. The molecule has 1 aliphatic rings. The van der Waals surface area contributed by atoms with Crippen LogP contribution in [0.15, 0.2) is 0 Å². The highest BCUT2D eigenvalue weighted by molar-refractivity contribution is 5.69. The molecule has 0 spiro atoms. The smallest absolute Gasteiger partial charge is 0.410 e. The third-order valence-corrected chi connectivity index (χ3v) is 3.71. The predicted octanol–water partition coefficient (Wildman–Crippen LogP) is 4.60. The van der Waals surface area contributed by atoms with E-state index in [0.717, 1.165) is 19.3 Å². The second-order valence-electron chi connectivity index (χ2n) is 7.29. The molecule has 0 saturated carbocycles. The molecule has 3 heteroatoms. The molecule has 0 aromatic rings. The quantitative estimate of drug-likeness (QED) is 0.749. The van der Waals surface area contributed by atoms with Crippen molar-refractivity contribution in [2.75, 3.05) is 0 Å². The minimum atomic E-state index is -0.406. The molecule has 2 unspecified atom stereocenters. The highest BCUT2D eigenvalue weighted by Crippen LogP contribution is 2.28. The lowest BCUT2D eigenvalue weighted by atomic mass is 9.92. The molecule has 1 heterocycles. The lowest BCUT2D eigenvalue weighted by Crippen LogP contribution is -2.50. The van der Waals surface area contributed by atoms with E-state index in [1.165, 1.54) is 12.8 Å². The van der Waals surface area contributed by atoms with E-state index in [-0.39, 0.29) is 6.09 Å². The van der Waals surface area contributed by atoms with Gasteiger partial charge in [-0.05, 0) is 65.7 Å². The number of carbonyl (C=O) groups is 1. The number of hydrogen-bond donors (Lipinski definition) is 0. The zero-order valence-electron chi connectivity index (χ0n) is 13.5. The number of rotatable bonds is 3. The Balaban J connectivity index is 2.69. The van der Waals surface area contributed by atoms with E-state index >= 15 is 0 Å². The molecule has 1 fully saturated rings. The molecule has 1 rings (SSSR count). The Kier molecular flexibility index (Phi) is 5.69. The molecule has 0 aliphatic carbocycles. The van der Waals surface area contributed by atoms with E-state index in [9.17, 15) is 4.79 Å². The van der Waals surface area contributed by atoms with Crippen LogP contribution < -0.4 is 0 Å². The molecule has 3 nitrogen and oxygen atoms in total. The van der Waals surface area contributed by atoms with Crippen molar-refractivity contribution in [2.24, 2.45) is 5.92 Å². The van der Waals surface area contributed by atoms with E-state index in [2.05, 4.69) is 20.8 Å². The zero-order valence-corrected chi connectivity index (χ0v) is 13.5. The lowest BCUT2D eigenvalue weighted by molar-refractivity contribution is -0.00467.